The Morgan fingerprint density at radius 2 is 1.82 bits per heavy atom. The number of nitrogens with one attached hydrogen (secondary N) is 1. The summed E-state index contributed by atoms with van der Waals surface area (Å²) in [4.78, 5) is 54.3. The van der Waals surface area contributed by atoms with E-state index in [1.165, 1.54) is 4.90 Å². The fourth-order valence-electron chi connectivity index (χ4n) is 4.62. The predicted octanol–water partition coefficient (Wildman–Crippen LogP) is 2.28. The van der Waals surface area contributed by atoms with E-state index in [1.807, 2.05) is 50.3 Å². The van der Waals surface area contributed by atoms with Gasteiger partial charge in [0, 0.05) is 26.1 Å². The van der Waals surface area contributed by atoms with E-state index in [-0.39, 0.29) is 55.0 Å². The molecule has 178 valence electrons. The first-order valence-corrected chi connectivity index (χ1v) is 11.6. The Morgan fingerprint density at radius 1 is 1.15 bits per heavy atom. The SMILES string of the molecule is CCNC(=O)[C@H](CC)N(Cc1cccc(OC)c1)C(=O)CCN1C(=O)[C@H]2CC=CC[C@H]2C1=O. The van der Waals surface area contributed by atoms with Gasteiger partial charge in [0.1, 0.15) is 11.8 Å². The first kappa shape index (κ1) is 24.5. The van der Waals surface area contributed by atoms with E-state index in [0.717, 1.165) is 5.56 Å². The molecular weight excluding hydrogens is 422 g/mol. The molecule has 0 unspecified atom stereocenters. The summed E-state index contributed by atoms with van der Waals surface area (Å²) >= 11 is 0. The van der Waals surface area contributed by atoms with Crippen LogP contribution in [0, 0.1) is 11.8 Å². The molecule has 4 amide bonds. The summed E-state index contributed by atoms with van der Waals surface area (Å²) in [6, 6.07) is 6.70. The van der Waals surface area contributed by atoms with Gasteiger partial charge in [-0.3, -0.25) is 24.1 Å². The van der Waals surface area contributed by atoms with Crippen molar-refractivity contribution in [1.29, 1.82) is 0 Å². The normalized spacial score (nSPS) is 20.4. The number of ether oxygens (including phenoxy) is 1. The number of methoxy groups -OCH3 is 1. The van der Waals surface area contributed by atoms with Crippen molar-refractivity contribution >= 4 is 23.6 Å². The van der Waals surface area contributed by atoms with Crippen molar-refractivity contribution in [2.45, 2.75) is 52.1 Å². The fraction of sp³-hybridized carbons (Fsp3) is 0.520. The Kier molecular flexibility index (Phi) is 8.25. The second-order valence-corrected chi connectivity index (χ2v) is 8.43. The molecule has 1 fully saturated rings. The third kappa shape index (κ3) is 5.43. The molecule has 0 radical (unpaired) electrons. The third-order valence-electron chi connectivity index (χ3n) is 6.37. The molecule has 1 N–H and O–H groups in total. The molecule has 8 nitrogen and oxygen atoms in total. The van der Waals surface area contributed by atoms with Crippen molar-refractivity contribution in [1.82, 2.24) is 15.1 Å². The van der Waals surface area contributed by atoms with Crippen LogP contribution in [-0.2, 0) is 25.7 Å². The smallest absolute Gasteiger partial charge is 0.242 e. The molecule has 0 spiro atoms. The van der Waals surface area contributed by atoms with Crippen LogP contribution in [0.4, 0.5) is 0 Å². The lowest BCUT2D eigenvalue weighted by Gasteiger charge is -2.31. The maximum Gasteiger partial charge on any atom is 0.242 e. The number of amides is 4. The summed E-state index contributed by atoms with van der Waals surface area (Å²) in [6.45, 7) is 4.41. The lowest BCUT2D eigenvalue weighted by Crippen LogP contribution is -2.49. The molecule has 3 atom stereocenters. The van der Waals surface area contributed by atoms with E-state index in [4.69, 9.17) is 4.74 Å². The number of hydrogen-bond donors (Lipinski definition) is 1. The minimum absolute atomic E-state index is 0.0236. The van der Waals surface area contributed by atoms with E-state index >= 15 is 0 Å². The summed E-state index contributed by atoms with van der Waals surface area (Å²) in [5.74, 6) is -0.857. The average Bonchev–Trinajstić information content (AvgIpc) is 3.07. The second-order valence-electron chi connectivity index (χ2n) is 8.43. The highest BCUT2D eigenvalue weighted by molar-refractivity contribution is 6.05. The number of nitrogens with zero attached hydrogens (tertiary/aromatic N) is 2. The number of allylic oxidation sites excluding steroid dienone is 2. The molecule has 0 bridgehead atoms. The summed E-state index contributed by atoms with van der Waals surface area (Å²) in [5.41, 5.74) is 0.830. The number of likely N-dealkylation sites (N-methyl/N-ethyl adjacent to an activating group) is 1. The Morgan fingerprint density at radius 3 is 2.39 bits per heavy atom. The highest BCUT2D eigenvalue weighted by Crippen LogP contribution is 2.35. The Labute approximate surface area is 194 Å². The van der Waals surface area contributed by atoms with Crippen LogP contribution in [0.15, 0.2) is 36.4 Å². The molecule has 0 aromatic heterocycles. The van der Waals surface area contributed by atoms with E-state index in [0.29, 0.717) is 31.6 Å². The van der Waals surface area contributed by atoms with Gasteiger partial charge in [0.25, 0.3) is 0 Å². The standard InChI is InChI=1S/C25H33N3O5/c1-4-21(23(30)26-5-2)28(16-17-9-8-10-18(15-17)33-3)22(29)13-14-27-24(31)19-11-6-7-12-20(19)25(27)32/h6-10,15,19-21H,4-5,11-14,16H2,1-3H3,(H,26,30)/t19-,20+,21-/m0/s1. The molecule has 1 heterocycles. The first-order chi connectivity index (χ1) is 15.9. The summed E-state index contributed by atoms with van der Waals surface area (Å²) < 4.78 is 5.29. The fourth-order valence-corrected chi connectivity index (χ4v) is 4.62. The van der Waals surface area contributed by atoms with Crippen LogP contribution in [0.2, 0.25) is 0 Å². The highest BCUT2D eigenvalue weighted by atomic mass is 16.5. The largest absolute Gasteiger partial charge is 0.497 e. The molecular formula is C25H33N3O5. The van der Waals surface area contributed by atoms with Gasteiger partial charge in [-0.05, 0) is 43.9 Å². The predicted molar refractivity (Wildman–Crippen MR) is 123 cm³/mol. The maximum absolute atomic E-state index is 13.3. The minimum atomic E-state index is -0.652. The van der Waals surface area contributed by atoms with Crippen LogP contribution in [0.5, 0.6) is 5.75 Å². The molecule has 8 heteroatoms. The number of carbonyl (C=O) groups is 4. The zero-order chi connectivity index (χ0) is 24.0. The van der Waals surface area contributed by atoms with Gasteiger partial charge in [0.2, 0.25) is 23.6 Å². The quantitative estimate of drug-likeness (QED) is 0.431. The van der Waals surface area contributed by atoms with Crippen LogP contribution in [0.3, 0.4) is 0 Å². The summed E-state index contributed by atoms with van der Waals surface area (Å²) in [5, 5.41) is 2.80. The van der Waals surface area contributed by atoms with Crippen molar-refractivity contribution in [2.24, 2.45) is 11.8 Å². The molecule has 2 aliphatic rings. The van der Waals surface area contributed by atoms with Gasteiger partial charge < -0.3 is 15.0 Å². The van der Waals surface area contributed by atoms with Gasteiger partial charge in [-0.25, -0.2) is 0 Å². The highest BCUT2D eigenvalue weighted by Gasteiger charge is 2.47. The van der Waals surface area contributed by atoms with Gasteiger partial charge in [0.05, 0.1) is 18.9 Å². The molecule has 33 heavy (non-hydrogen) atoms. The summed E-state index contributed by atoms with van der Waals surface area (Å²) in [7, 11) is 1.57. The Balaban J connectivity index is 1.76. The van der Waals surface area contributed by atoms with Crippen molar-refractivity contribution in [2.75, 3.05) is 20.2 Å². The van der Waals surface area contributed by atoms with Crippen molar-refractivity contribution < 1.29 is 23.9 Å². The van der Waals surface area contributed by atoms with E-state index in [9.17, 15) is 19.2 Å². The van der Waals surface area contributed by atoms with E-state index in [2.05, 4.69) is 5.32 Å². The number of fused-ring (bicyclic) bond motifs is 1. The van der Waals surface area contributed by atoms with Crippen LogP contribution in [0.1, 0.15) is 45.1 Å². The number of benzene rings is 1. The van der Waals surface area contributed by atoms with Crippen LogP contribution < -0.4 is 10.1 Å². The summed E-state index contributed by atoms with van der Waals surface area (Å²) in [6.07, 6.45) is 5.43. The molecule has 1 saturated heterocycles. The molecule has 1 aromatic rings. The van der Waals surface area contributed by atoms with Gasteiger partial charge in [-0.15, -0.1) is 0 Å². The average molecular weight is 456 g/mol. The van der Waals surface area contributed by atoms with Crippen LogP contribution >= 0.6 is 0 Å². The zero-order valence-electron chi connectivity index (χ0n) is 19.6. The van der Waals surface area contributed by atoms with E-state index < -0.39 is 6.04 Å². The number of likely N-dealkylation sites (tertiary alicyclic amines) is 1. The molecule has 1 aromatic carbocycles. The molecule has 0 saturated carbocycles. The molecule has 1 aliphatic heterocycles. The van der Waals surface area contributed by atoms with Crippen molar-refractivity contribution in [3.8, 4) is 5.75 Å². The van der Waals surface area contributed by atoms with Gasteiger partial charge in [-0.2, -0.15) is 0 Å². The number of rotatable bonds is 10. The monoisotopic (exact) mass is 455 g/mol. The Bertz CT molecular complexity index is 902. The number of imide groups is 1. The third-order valence-corrected chi connectivity index (χ3v) is 6.37. The molecule has 3 rings (SSSR count). The zero-order valence-corrected chi connectivity index (χ0v) is 19.6. The second kappa shape index (κ2) is 11.1. The minimum Gasteiger partial charge on any atom is -0.497 e. The van der Waals surface area contributed by atoms with Gasteiger partial charge >= 0.3 is 0 Å². The van der Waals surface area contributed by atoms with E-state index in [1.54, 1.807) is 12.0 Å². The van der Waals surface area contributed by atoms with Crippen molar-refractivity contribution in [3.63, 3.8) is 0 Å². The Hall–Kier alpha value is -3.16. The van der Waals surface area contributed by atoms with Crippen LogP contribution in [0.25, 0.3) is 0 Å². The topological polar surface area (TPSA) is 96.0 Å². The maximum atomic E-state index is 13.3. The van der Waals surface area contributed by atoms with Gasteiger partial charge in [-0.1, -0.05) is 31.2 Å². The number of hydrogen-bond acceptors (Lipinski definition) is 5. The lowest BCUT2D eigenvalue weighted by atomic mass is 9.85. The number of carbonyl (C=O) groups excluding carboxylic acids is 4. The van der Waals surface area contributed by atoms with Gasteiger partial charge in [0.15, 0.2) is 0 Å². The lowest BCUT2D eigenvalue weighted by molar-refractivity contribution is -0.144. The van der Waals surface area contributed by atoms with Crippen molar-refractivity contribution in [3.05, 3.63) is 42.0 Å². The first-order valence-electron chi connectivity index (χ1n) is 11.6. The van der Waals surface area contributed by atoms with Crippen LogP contribution in [-0.4, -0.2) is 59.7 Å². The molecule has 1 aliphatic carbocycles.